The maximum atomic E-state index is 12.7. The zero-order chi connectivity index (χ0) is 24.4. The highest BCUT2D eigenvalue weighted by atomic mass is 32.1. The van der Waals surface area contributed by atoms with Crippen LogP contribution in [0.2, 0.25) is 0 Å². The summed E-state index contributed by atoms with van der Waals surface area (Å²) in [5.74, 6) is -0.654. The van der Waals surface area contributed by atoms with Gasteiger partial charge >= 0.3 is 5.97 Å². The van der Waals surface area contributed by atoms with Gasteiger partial charge in [-0.15, -0.1) is 11.3 Å². The number of benzene rings is 2. The van der Waals surface area contributed by atoms with Crippen molar-refractivity contribution in [3.05, 3.63) is 93.5 Å². The fourth-order valence-electron chi connectivity index (χ4n) is 4.65. The second kappa shape index (κ2) is 9.69. The van der Waals surface area contributed by atoms with Gasteiger partial charge in [-0.25, -0.2) is 4.79 Å². The Morgan fingerprint density at radius 1 is 1.17 bits per heavy atom. The Labute approximate surface area is 207 Å². The molecule has 7 heteroatoms. The van der Waals surface area contributed by atoms with Gasteiger partial charge in [0.15, 0.2) is 6.61 Å². The Bertz CT molecular complexity index is 1470. The van der Waals surface area contributed by atoms with Crippen LogP contribution in [0.5, 0.6) is 0 Å². The van der Waals surface area contributed by atoms with E-state index in [0.717, 1.165) is 29.7 Å². The summed E-state index contributed by atoms with van der Waals surface area (Å²) >= 11 is 1.44. The number of esters is 1. The number of carbonyl (C=O) groups excluding carboxylic acids is 2. The molecular formula is C28H23N3O3S. The summed E-state index contributed by atoms with van der Waals surface area (Å²) in [6, 6.07) is 21.6. The molecule has 1 aliphatic rings. The highest BCUT2D eigenvalue weighted by Crippen LogP contribution is 2.42. The van der Waals surface area contributed by atoms with E-state index < -0.39 is 18.5 Å². The SMILES string of the molecule is Cc1cc(C(=O)OCC(=O)Nc2sc3c(c2C#N)CCC(c2ccccc2)C3)c2ccccc2n1. The summed E-state index contributed by atoms with van der Waals surface area (Å²) in [7, 11) is 0. The molecule has 0 fully saturated rings. The lowest BCUT2D eigenvalue weighted by atomic mass is 9.83. The summed E-state index contributed by atoms with van der Waals surface area (Å²) in [4.78, 5) is 30.9. The van der Waals surface area contributed by atoms with Crippen molar-refractivity contribution in [3.8, 4) is 6.07 Å². The number of nitriles is 1. The van der Waals surface area contributed by atoms with Crippen LogP contribution in [0.1, 0.15) is 50.0 Å². The Morgan fingerprint density at radius 2 is 1.94 bits per heavy atom. The van der Waals surface area contributed by atoms with Crippen molar-refractivity contribution >= 4 is 39.1 Å². The van der Waals surface area contributed by atoms with Gasteiger partial charge in [0.05, 0.1) is 16.6 Å². The Kier molecular flexibility index (Phi) is 6.30. The molecule has 5 rings (SSSR count). The van der Waals surface area contributed by atoms with Crippen molar-refractivity contribution in [1.29, 1.82) is 5.26 Å². The number of ether oxygens (including phenoxy) is 1. The number of nitrogens with zero attached hydrogens (tertiary/aromatic N) is 2. The third-order valence-corrected chi connectivity index (χ3v) is 7.47. The number of thiophene rings is 1. The summed E-state index contributed by atoms with van der Waals surface area (Å²) in [6.45, 7) is 1.37. The maximum Gasteiger partial charge on any atom is 0.339 e. The van der Waals surface area contributed by atoms with Crippen LogP contribution in [-0.2, 0) is 22.4 Å². The summed E-state index contributed by atoms with van der Waals surface area (Å²) in [6.07, 6.45) is 2.61. The topological polar surface area (TPSA) is 92.1 Å². The molecule has 0 spiro atoms. The molecule has 1 unspecified atom stereocenters. The molecule has 0 saturated carbocycles. The molecule has 0 aliphatic heterocycles. The first-order valence-electron chi connectivity index (χ1n) is 11.5. The second-order valence-corrected chi connectivity index (χ2v) is 9.73. The molecule has 35 heavy (non-hydrogen) atoms. The molecule has 174 valence electrons. The molecule has 0 saturated heterocycles. The van der Waals surface area contributed by atoms with Crippen molar-refractivity contribution < 1.29 is 14.3 Å². The summed E-state index contributed by atoms with van der Waals surface area (Å²) in [5.41, 5.74) is 4.60. The Hall–Kier alpha value is -4.02. The normalized spacial score (nSPS) is 14.7. The van der Waals surface area contributed by atoms with E-state index >= 15 is 0 Å². The molecule has 1 amide bonds. The highest BCUT2D eigenvalue weighted by molar-refractivity contribution is 7.16. The van der Waals surface area contributed by atoms with E-state index in [9.17, 15) is 14.9 Å². The van der Waals surface area contributed by atoms with Crippen LogP contribution in [0, 0.1) is 18.3 Å². The molecule has 1 aliphatic carbocycles. The van der Waals surface area contributed by atoms with Crippen molar-refractivity contribution in [1.82, 2.24) is 4.98 Å². The summed E-state index contributed by atoms with van der Waals surface area (Å²) < 4.78 is 5.32. The van der Waals surface area contributed by atoms with Gasteiger partial charge in [-0.3, -0.25) is 9.78 Å². The molecule has 4 aromatic rings. The van der Waals surface area contributed by atoms with Crippen LogP contribution in [0.15, 0.2) is 60.7 Å². The number of pyridine rings is 1. The second-order valence-electron chi connectivity index (χ2n) is 8.62. The third kappa shape index (κ3) is 4.66. The number of rotatable bonds is 5. The van der Waals surface area contributed by atoms with Gasteiger partial charge in [0.1, 0.15) is 11.1 Å². The van der Waals surface area contributed by atoms with Gasteiger partial charge in [0, 0.05) is 16.0 Å². The van der Waals surface area contributed by atoms with Crippen LogP contribution in [0.3, 0.4) is 0 Å². The first-order valence-corrected chi connectivity index (χ1v) is 12.3. The van der Waals surface area contributed by atoms with Gasteiger partial charge in [0.25, 0.3) is 5.91 Å². The van der Waals surface area contributed by atoms with Crippen LogP contribution < -0.4 is 5.32 Å². The van der Waals surface area contributed by atoms with Crippen LogP contribution in [0.4, 0.5) is 5.00 Å². The van der Waals surface area contributed by atoms with Gasteiger partial charge in [-0.1, -0.05) is 48.5 Å². The van der Waals surface area contributed by atoms with E-state index in [0.29, 0.717) is 38.6 Å². The standard InChI is InChI=1S/C28H23N3O3S/c1-17-13-22(20-9-5-6-10-24(20)30-17)28(33)34-16-26(32)31-27-23(15-29)21-12-11-19(14-25(21)35-27)18-7-3-2-4-8-18/h2-10,13,19H,11-12,14,16H2,1H3,(H,31,32). The number of para-hydroxylation sites is 1. The predicted molar refractivity (Wildman–Crippen MR) is 136 cm³/mol. The third-order valence-electron chi connectivity index (χ3n) is 6.30. The average molecular weight is 482 g/mol. The number of aromatic nitrogens is 1. The Morgan fingerprint density at radius 3 is 2.74 bits per heavy atom. The molecule has 1 atom stereocenters. The first kappa shape index (κ1) is 22.8. The quantitative estimate of drug-likeness (QED) is 0.378. The van der Waals surface area contributed by atoms with Crippen molar-refractivity contribution in [3.63, 3.8) is 0 Å². The van der Waals surface area contributed by atoms with Crippen LogP contribution >= 0.6 is 11.3 Å². The number of anilines is 1. The van der Waals surface area contributed by atoms with Crippen LogP contribution in [0.25, 0.3) is 10.9 Å². The molecular weight excluding hydrogens is 458 g/mol. The smallest absolute Gasteiger partial charge is 0.339 e. The fourth-order valence-corrected chi connectivity index (χ4v) is 5.94. The first-order chi connectivity index (χ1) is 17.0. The minimum absolute atomic E-state index is 0.372. The fraction of sp³-hybridized carbons (Fsp3) is 0.214. The predicted octanol–water partition coefficient (Wildman–Crippen LogP) is 5.54. The minimum atomic E-state index is -0.585. The number of carbonyl (C=O) groups is 2. The largest absolute Gasteiger partial charge is 0.452 e. The van der Waals surface area contributed by atoms with E-state index in [2.05, 4.69) is 28.5 Å². The molecule has 2 aromatic carbocycles. The van der Waals surface area contributed by atoms with Gasteiger partial charge in [0.2, 0.25) is 0 Å². The minimum Gasteiger partial charge on any atom is -0.452 e. The van der Waals surface area contributed by atoms with E-state index in [1.54, 1.807) is 19.1 Å². The molecule has 0 radical (unpaired) electrons. The number of aryl methyl sites for hydroxylation is 1. The number of hydrogen-bond acceptors (Lipinski definition) is 6. The summed E-state index contributed by atoms with van der Waals surface area (Å²) in [5, 5.41) is 13.8. The molecule has 0 bridgehead atoms. The van der Waals surface area contributed by atoms with Crippen LogP contribution in [-0.4, -0.2) is 23.5 Å². The maximum absolute atomic E-state index is 12.7. The van der Waals surface area contributed by atoms with E-state index in [1.807, 2.05) is 36.4 Å². The van der Waals surface area contributed by atoms with E-state index in [4.69, 9.17) is 4.74 Å². The number of fused-ring (bicyclic) bond motifs is 2. The Balaban J connectivity index is 1.28. The molecule has 2 heterocycles. The van der Waals surface area contributed by atoms with Crippen molar-refractivity contribution in [2.75, 3.05) is 11.9 Å². The van der Waals surface area contributed by atoms with Crippen molar-refractivity contribution in [2.24, 2.45) is 0 Å². The average Bonchev–Trinajstić information content (AvgIpc) is 3.23. The molecule has 2 aromatic heterocycles. The van der Waals surface area contributed by atoms with Gasteiger partial charge < -0.3 is 10.1 Å². The zero-order valence-corrected chi connectivity index (χ0v) is 20.0. The number of nitrogens with one attached hydrogen (secondary N) is 1. The highest BCUT2D eigenvalue weighted by Gasteiger charge is 2.27. The number of hydrogen-bond donors (Lipinski definition) is 1. The molecule has 1 N–H and O–H groups in total. The van der Waals surface area contributed by atoms with Crippen molar-refractivity contribution in [2.45, 2.75) is 32.1 Å². The van der Waals surface area contributed by atoms with Gasteiger partial charge in [-0.05, 0) is 55.4 Å². The monoisotopic (exact) mass is 481 g/mol. The van der Waals surface area contributed by atoms with E-state index in [-0.39, 0.29) is 0 Å². The zero-order valence-electron chi connectivity index (χ0n) is 19.2. The molecule has 6 nitrogen and oxygen atoms in total. The lowest BCUT2D eigenvalue weighted by molar-refractivity contribution is -0.119. The van der Waals surface area contributed by atoms with E-state index in [1.165, 1.54) is 16.9 Å². The van der Waals surface area contributed by atoms with Gasteiger partial charge in [-0.2, -0.15) is 5.26 Å². The lowest BCUT2D eigenvalue weighted by Gasteiger charge is -2.22. The lowest BCUT2D eigenvalue weighted by Crippen LogP contribution is -2.21. The number of amides is 1.